The van der Waals surface area contributed by atoms with E-state index in [1.165, 1.54) is 0 Å². The van der Waals surface area contributed by atoms with Crippen molar-refractivity contribution in [2.75, 3.05) is 5.73 Å². The Morgan fingerprint density at radius 1 is 1.14 bits per heavy atom. The van der Waals surface area contributed by atoms with Crippen molar-refractivity contribution in [3.63, 3.8) is 0 Å². The molecule has 0 spiro atoms. The molecule has 4 nitrogen and oxygen atoms in total. The summed E-state index contributed by atoms with van der Waals surface area (Å²) in [6, 6.07) is 15.3. The summed E-state index contributed by atoms with van der Waals surface area (Å²) in [6.45, 7) is 2.32. The van der Waals surface area contributed by atoms with Crippen LogP contribution in [0, 0.1) is 6.92 Å². The summed E-state index contributed by atoms with van der Waals surface area (Å²) in [5.74, 6) is 1.40. The van der Waals surface area contributed by atoms with Crippen molar-refractivity contribution in [2.45, 2.75) is 13.5 Å². The zero-order valence-corrected chi connectivity index (χ0v) is 11.7. The fourth-order valence-corrected chi connectivity index (χ4v) is 2.07. The van der Waals surface area contributed by atoms with Crippen LogP contribution in [0.15, 0.2) is 59.2 Å². The van der Waals surface area contributed by atoms with Gasteiger partial charge in [-0.3, -0.25) is 0 Å². The molecule has 2 aromatic carbocycles. The molecule has 1 aromatic heterocycles. The highest BCUT2D eigenvalue weighted by Crippen LogP contribution is 2.22. The standard InChI is InChI=1S/C17H16N2O2/c1-12-9-14(18)7-8-16(12)20-10-15-11-21-17(19-15)13-5-3-2-4-6-13/h2-9,11H,10,18H2,1H3. The summed E-state index contributed by atoms with van der Waals surface area (Å²) in [5.41, 5.74) is 9.16. The third-order valence-electron chi connectivity index (χ3n) is 3.15. The molecule has 2 N–H and O–H groups in total. The van der Waals surface area contributed by atoms with Crippen LogP contribution in [0.1, 0.15) is 11.3 Å². The summed E-state index contributed by atoms with van der Waals surface area (Å²) < 4.78 is 11.2. The van der Waals surface area contributed by atoms with Crippen LogP contribution in [0.25, 0.3) is 11.5 Å². The smallest absolute Gasteiger partial charge is 0.226 e. The Morgan fingerprint density at radius 2 is 1.95 bits per heavy atom. The van der Waals surface area contributed by atoms with Crippen LogP contribution >= 0.6 is 0 Å². The van der Waals surface area contributed by atoms with E-state index in [1.807, 2.05) is 55.5 Å². The first kappa shape index (κ1) is 13.2. The molecule has 21 heavy (non-hydrogen) atoms. The molecule has 0 saturated heterocycles. The topological polar surface area (TPSA) is 61.3 Å². The number of benzene rings is 2. The maximum atomic E-state index is 5.75. The molecule has 0 saturated carbocycles. The second-order valence-corrected chi connectivity index (χ2v) is 4.82. The van der Waals surface area contributed by atoms with E-state index in [-0.39, 0.29) is 0 Å². The molecule has 0 amide bonds. The zero-order valence-electron chi connectivity index (χ0n) is 11.7. The van der Waals surface area contributed by atoms with E-state index < -0.39 is 0 Å². The minimum atomic E-state index is 0.362. The van der Waals surface area contributed by atoms with Crippen molar-refractivity contribution in [1.82, 2.24) is 4.98 Å². The summed E-state index contributed by atoms with van der Waals surface area (Å²) in [6.07, 6.45) is 1.62. The monoisotopic (exact) mass is 280 g/mol. The predicted molar refractivity (Wildman–Crippen MR) is 81.9 cm³/mol. The van der Waals surface area contributed by atoms with Gasteiger partial charge in [0, 0.05) is 11.3 Å². The quantitative estimate of drug-likeness (QED) is 0.738. The number of nitrogens with two attached hydrogens (primary N) is 1. The third-order valence-corrected chi connectivity index (χ3v) is 3.15. The van der Waals surface area contributed by atoms with Crippen molar-refractivity contribution >= 4 is 5.69 Å². The first-order valence-electron chi connectivity index (χ1n) is 6.71. The van der Waals surface area contributed by atoms with Gasteiger partial charge in [0.15, 0.2) is 0 Å². The summed E-state index contributed by atoms with van der Waals surface area (Å²) in [4.78, 5) is 4.43. The van der Waals surface area contributed by atoms with Gasteiger partial charge in [-0.25, -0.2) is 4.98 Å². The highest BCUT2D eigenvalue weighted by molar-refractivity contribution is 5.52. The average molecular weight is 280 g/mol. The third kappa shape index (κ3) is 3.05. The maximum absolute atomic E-state index is 5.75. The molecule has 0 bridgehead atoms. The van der Waals surface area contributed by atoms with E-state index in [2.05, 4.69) is 4.98 Å². The van der Waals surface area contributed by atoms with Crippen LogP contribution in [0.2, 0.25) is 0 Å². The summed E-state index contributed by atoms with van der Waals surface area (Å²) in [7, 11) is 0. The van der Waals surface area contributed by atoms with E-state index in [4.69, 9.17) is 14.9 Å². The second-order valence-electron chi connectivity index (χ2n) is 4.82. The fraction of sp³-hybridized carbons (Fsp3) is 0.118. The molecule has 1 heterocycles. The summed E-state index contributed by atoms with van der Waals surface area (Å²) in [5, 5.41) is 0. The van der Waals surface area contributed by atoms with E-state index in [0.29, 0.717) is 12.5 Å². The molecule has 0 unspecified atom stereocenters. The predicted octanol–water partition coefficient (Wildman–Crippen LogP) is 3.81. The number of aromatic nitrogens is 1. The SMILES string of the molecule is Cc1cc(N)ccc1OCc1coc(-c2ccccc2)n1. The van der Waals surface area contributed by atoms with Crippen molar-refractivity contribution in [3.8, 4) is 17.2 Å². The first-order chi connectivity index (χ1) is 10.2. The molecular weight excluding hydrogens is 264 g/mol. The van der Waals surface area contributed by atoms with Gasteiger partial charge in [0.2, 0.25) is 5.89 Å². The van der Waals surface area contributed by atoms with Crippen LogP contribution in [0.4, 0.5) is 5.69 Å². The van der Waals surface area contributed by atoms with Gasteiger partial charge in [0.05, 0.1) is 0 Å². The van der Waals surface area contributed by atoms with Gasteiger partial charge in [0.25, 0.3) is 0 Å². The molecular formula is C17H16N2O2. The second kappa shape index (κ2) is 5.71. The number of hydrogen-bond acceptors (Lipinski definition) is 4. The van der Waals surface area contributed by atoms with E-state index in [0.717, 1.165) is 28.3 Å². The number of nitrogens with zero attached hydrogens (tertiary/aromatic N) is 1. The molecule has 0 fully saturated rings. The lowest BCUT2D eigenvalue weighted by Crippen LogP contribution is -1.98. The molecule has 3 rings (SSSR count). The molecule has 106 valence electrons. The first-order valence-corrected chi connectivity index (χ1v) is 6.71. The minimum Gasteiger partial charge on any atom is -0.487 e. The number of aryl methyl sites for hydroxylation is 1. The van der Waals surface area contributed by atoms with Crippen LogP contribution in [-0.4, -0.2) is 4.98 Å². The lowest BCUT2D eigenvalue weighted by atomic mass is 10.2. The minimum absolute atomic E-state index is 0.362. The van der Waals surface area contributed by atoms with E-state index in [9.17, 15) is 0 Å². The average Bonchev–Trinajstić information content (AvgIpc) is 2.96. The molecule has 0 radical (unpaired) electrons. The Morgan fingerprint density at radius 3 is 2.71 bits per heavy atom. The number of anilines is 1. The largest absolute Gasteiger partial charge is 0.487 e. The molecule has 0 aliphatic rings. The van der Waals surface area contributed by atoms with Gasteiger partial charge >= 0.3 is 0 Å². The fourth-order valence-electron chi connectivity index (χ4n) is 2.07. The van der Waals surface area contributed by atoms with Gasteiger partial charge in [-0.05, 0) is 42.8 Å². The van der Waals surface area contributed by atoms with Gasteiger partial charge < -0.3 is 14.9 Å². The van der Waals surface area contributed by atoms with E-state index >= 15 is 0 Å². The lowest BCUT2D eigenvalue weighted by molar-refractivity contribution is 0.299. The maximum Gasteiger partial charge on any atom is 0.226 e. The van der Waals surface area contributed by atoms with Crippen molar-refractivity contribution in [2.24, 2.45) is 0 Å². The number of ether oxygens (including phenoxy) is 1. The molecule has 4 heteroatoms. The van der Waals surface area contributed by atoms with Gasteiger partial charge in [-0.15, -0.1) is 0 Å². The lowest BCUT2D eigenvalue weighted by Gasteiger charge is -2.07. The van der Waals surface area contributed by atoms with Crippen molar-refractivity contribution in [1.29, 1.82) is 0 Å². The number of nitrogen functional groups attached to an aromatic ring is 1. The van der Waals surface area contributed by atoms with Crippen LogP contribution in [0.5, 0.6) is 5.75 Å². The summed E-state index contributed by atoms with van der Waals surface area (Å²) >= 11 is 0. The Hall–Kier alpha value is -2.75. The number of rotatable bonds is 4. The van der Waals surface area contributed by atoms with Gasteiger partial charge in [0.1, 0.15) is 24.3 Å². The Bertz CT molecular complexity index is 736. The Kier molecular flexibility index (Phi) is 3.60. The highest BCUT2D eigenvalue weighted by Gasteiger charge is 2.07. The van der Waals surface area contributed by atoms with Crippen molar-refractivity contribution < 1.29 is 9.15 Å². The van der Waals surface area contributed by atoms with Crippen LogP contribution in [-0.2, 0) is 6.61 Å². The number of hydrogen-bond donors (Lipinski definition) is 1. The normalized spacial score (nSPS) is 10.5. The van der Waals surface area contributed by atoms with Crippen molar-refractivity contribution in [3.05, 3.63) is 66.1 Å². The zero-order chi connectivity index (χ0) is 14.7. The molecule has 0 aliphatic carbocycles. The Labute approximate surface area is 123 Å². The molecule has 3 aromatic rings. The van der Waals surface area contributed by atoms with Gasteiger partial charge in [-0.1, -0.05) is 18.2 Å². The molecule has 0 aliphatic heterocycles. The Balaban J connectivity index is 1.70. The van der Waals surface area contributed by atoms with Crippen LogP contribution in [0.3, 0.4) is 0 Å². The molecule has 0 atom stereocenters. The number of oxazole rings is 1. The van der Waals surface area contributed by atoms with E-state index in [1.54, 1.807) is 6.26 Å². The van der Waals surface area contributed by atoms with Gasteiger partial charge in [-0.2, -0.15) is 0 Å². The van der Waals surface area contributed by atoms with Crippen LogP contribution < -0.4 is 10.5 Å². The highest BCUT2D eigenvalue weighted by atomic mass is 16.5.